The SMILES string of the molecule is CCCN(CC1CC1)c1nc(SC)ncc1C(=O)OCC. The molecule has 1 aromatic rings. The first-order valence-electron chi connectivity index (χ1n) is 7.52. The smallest absolute Gasteiger partial charge is 0.343 e. The Kier molecular flexibility index (Phi) is 5.85. The summed E-state index contributed by atoms with van der Waals surface area (Å²) >= 11 is 1.49. The van der Waals surface area contributed by atoms with E-state index in [1.54, 1.807) is 6.20 Å². The van der Waals surface area contributed by atoms with Gasteiger partial charge in [0.15, 0.2) is 5.16 Å². The number of anilines is 1. The number of hydrogen-bond acceptors (Lipinski definition) is 6. The highest BCUT2D eigenvalue weighted by Gasteiger charge is 2.27. The number of nitrogens with zero attached hydrogens (tertiary/aromatic N) is 3. The molecule has 2 rings (SSSR count). The van der Waals surface area contributed by atoms with Gasteiger partial charge in [-0.3, -0.25) is 0 Å². The number of aromatic nitrogens is 2. The monoisotopic (exact) mass is 309 g/mol. The Balaban J connectivity index is 2.32. The third-order valence-electron chi connectivity index (χ3n) is 3.39. The van der Waals surface area contributed by atoms with Crippen LogP contribution < -0.4 is 4.90 Å². The van der Waals surface area contributed by atoms with Crippen LogP contribution in [-0.4, -0.2) is 41.9 Å². The minimum Gasteiger partial charge on any atom is -0.462 e. The van der Waals surface area contributed by atoms with E-state index in [2.05, 4.69) is 21.8 Å². The second-order valence-electron chi connectivity index (χ2n) is 5.20. The normalized spacial score (nSPS) is 14.0. The molecular weight excluding hydrogens is 286 g/mol. The zero-order chi connectivity index (χ0) is 15.2. The van der Waals surface area contributed by atoms with Crippen LogP contribution in [0.25, 0.3) is 0 Å². The van der Waals surface area contributed by atoms with Crippen LogP contribution in [0.15, 0.2) is 11.4 Å². The Morgan fingerprint density at radius 1 is 1.48 bits per heavy atom. The second kappa shape index (κ2) is 7.64. The topological polar surface area (TPSA) is 55.3 Å². The van der Waals surface area contributed by atoms with Gasteiger partial charge in [-0.25, -0.2) is 14.8 Å². The molecule has 0 amide bonds. The minimum absolute atomic E-state index is 0.336. The Bertz CT molecular complexity index is 492. The molecule has 0 saturated heterocycles. The minimum atomic E-state index is -0.336. The molecule has 1 saturated carbocycles. The van der Waals surface area contributed by atoms with Crippen LogP contribution in [0.4, 0.5) is 5.82 Å². The first-order valence-corrected chi connectivity index (χ1v) is 8.75. The van der Waals surface area contributed by atoms with Crippen molar-refractivity contribution in [2.24, 2.45) is 5.92 Å². The molecule has 1 fully saturated rings. The lowest BCUT2D eigenvalue weighted by Crippen LogP contribution is -2.30. The maximum absolute atomic E-state index is 12.1. The van der Waals surface area contributed by atoms with Crippen LogP contribution in [0.3, 0.4) is 0 Å². The van der Waals surface area contributed by atoms with Crippen LogP contribution in [0.1, 0.15) is 43.5 Å². The number of hydrogen-bond donors (Lipinski definition) is 0. The maximum atomic E-state index is 12.1. The molecule has 0 radical (unpaired) electrons. The summed E-state index contributed by atoms with van der Waals surface area (Å²) in [5.41, 5.74) is 0.476. The summed E-state index contributed by atoms with van der Waals surface area (Å²) in [4.78, 5) is 23.1. The van der Waals surface area contributed by atoms with Crippen molar-refractivity contribution in [3.05, 3.63) is 11.8 Å². The van der Waals surface area contributed by atoms with Gasteiger partial charge in [0.1, 0.15) is 11.4 Å². The summed E-state index contributed by atoms with van der Waals surface area (Å²) in [5, 5.41) is 0.690. The van der Waals surface area contributed by atoms with E-state index in [9.17, 15) is 4.79 Å². The van der Waals surface area contributed by atoms with Crippen molar-refractivity contribution in [2.75, 3.05) is 30.9 Å². The molecule has 1 heterocycles. The number of thioether (sulfide) groups is 1. The second-order valence-corrected chi connectivity index (χ2v) is 5.98. The van der Waals surface area contributed by atoms with E-state index in [0.717, 1.165) is 31.2 Å². The third-order valence-corrected chi connectivity index (χ3v) is 3.95. The van der Waals surface area contributed by atoms with E-state index >= 15 is 0 Å². The van der Waals surface area contributed by atoms with Gasteiger partial charge in [0.2, 0.25) is 0 Å². The van der Waals surface area contributed by atoms with Crippen LogP contribution in [0.5, 0.6) is 0 Å². The van der Waals surface area contributed by atoms with Crippen molar-refractivity contribution in [3.8, 4) is 0 Å². The molecule has 0 aromatic carbocycles. The summed E-state index contributed by atoms with van der Waals surface area (Å²) in [6.07, 6.45) is 7.11. The largest absolute Gasteiger partial charge is 0.462 e. The van der Waals surface area contributed by atoms with E-state index < -0.39 is 0 Å². The molecule has 21 heavy (non-hydrogen) atoms. The van der Waals surface area contributed by atoms with Gasteiger partial charge >= 0.3 is 5.97 Å². The average Bonchev–Trinajstić information content (AvgIpc) is 3.30. The van der Waals surface area contributed by atoms with Gasteiger partial charge in [-0.05, 0) is 38.4 Å². The molecular formula is C15H23N3O2S. The number of esters is 1. The molecule has 116 valence electrons. The zero-order valence-corrected chi connectivity index (χ0v) is 13.8. The van der Waals surface area contributed by atoms with Gasteiger partial charge in [0.05, 0.1) is 6.61 Å². The molecule has 1 aliphatic carbocycles. The predicted molar refractivity (Wildman–Crippen MR) is 85.0 cm³/mol. The van der Waals surface area contributed by atoms with Crippen molar-refractivity contribution in [3.63, 3.8) is 0 Å². The quantitative estimate of drug-likeness (QED) is 0.418. The Hall–Kier alpha value is -1.30. The Morgan fingerprint density at radius 2 is 2.24 bits per heavy atom. The van der Waals surface area contributed by atoms with E-state index in [-0.39, 0.29) is 5.97 Å². The fourth-order valence-electron chi connectivity index (χ4n) is 2.22. The van der Waals surface area contributed by atoms with Crippen molar-refractivity contribution in [2.45, 2.75) is 38.3 Å². The highest BCUT2D eigenvalue weighted by molar-refractivity contribution is 7.98. The van der Waals surface area contributed by atoms with Crippen LogP contribution >= 0.6 is 11.8 Å². The van der Waals surface area contributed by atoms with Crippen molar-refractivity contribution < 1.29 is 9.53 Å². The Morgan fingerprint density at radius 3 is 2.81 bits per heavy atom. The number of carbonyl (C=O) groups is 1. The third kappa shape index (κ3) is 4.33. The zero-order valence-electron chi connectivity index (χ0n) is 13.0. The number of ether oxygens (including phenoxy) is 1. The first kappa shape index (κ1) is 16.1. The predicted octanol–water partition coefficient (Wildman–Crippen LogP) is 3.00. The molecule has 1 aliphatic rings. The van der Waals surface area contributed by atoms with Crippen molar-refractivity contribution >= 4 is 23.5 Å². The fraction of sp³-hybridized carbons (Fsp3) is 0.667. The van der Waals surface area contributed by atoms with E-state index in [0.29, 0.717) is 17.3 Å². The van der Waals surface area contributed by atoms with E-state index in [1.807, 2.05) is 13.2 Å². The summed E-state index contributed by atoms with van der Waals surface area (Å²) in [7, 11) is 0. The van der Waals surface area contributed by atoms with Crippen LogP contribution in [0.2, 0.25) is 0 Å². The summed E-state index contributed by atoms with van der Waals surface area (Å²) in [6, 6.07) is 0. The highest BCUT2D eigenvalue weighted by atomic mass is 32.2. The fourth-order valence-corrected chi connectivity index (χ4v) is 2.55. The van der Waals surface area contributed by atoms with Gasteiger partial charge in [-0.2, -0.15) is 0 Å². The van der Waals surface area contributed by atoms with Crippen molar-refractivity contribution in [1.82, 2.24) is 9.97 Å². The number of carbonyl (C=O) groups excluding carboxylic acids is 1. The van der Waals surface area contributed by atoms with E-state index in [1.165, 1.54) is 24.6 Å². The van der Waals surface area contributed by atoms with E-state index in [4.69, 9.17) is 4.74 Å². The molecule has 0 spiro atoms. The van der Waals surface area contributed by atoms with Gasteiger partial charge in [0.25, 0.3) is 0 Å². The first-order chi connectivity index (χ1) is 10.2. The molecule has 0 N–H and O–H groups in total. The molecule has 0 bridgehead atoms. The summed E-state index contributed by atoms with van der Waals surface area (Å²) in [5.74, 6) is 1.12. The van der Waals surface area contributed by atoms with Gasteiger partial charge < -0.3 is 9.64 Å². The van der Waals surface area contributed by atoms with Crippen molar-refractivity contribution in [1.29, 1.82) is 0 Å². The van der Waals surface area contributed by atoms with Gasteiger partial charge in [0, 0.05) is 19.3 Å². The molecule has 0 unspecified atom stereocenters. The molecule has 1 aromatic heterocycles. The summed E-state index contributed by atoms with van der Waals surface area (Å²) < 4.78 is 5.14. The lowest BCUT2D eigenvalue weighted by molar-refractivity contribution is 0.0526. The van der Waals surface area contributed by atoms with Crippen LogP contribution in [-0.2, 0) is 4.74 Å². The lowest BCUT2D eigenvalue weighted by atomic mass is 10.2. The molecule has 0 aliphatic heterocycles. The number of rotatable bonds is 8. The standard InChI is InChI=1S/C15H23N3O2S/c1-4-8-18(10-11-6-7-11)13-12(14(19)20-5-2)9-16-15(17-13)21-3/h9,11H,4-8,10H2,1-3H3. The molecule has 0 atom stereocenters. The lowest BCUT2D eigenvalue weighted by Gasteiger charge is -2.25. The average molecular weight is 309 g/mol. The molecule has 5 nitrogen and oxygen atoms in total. The Labute approximate surface area is 130 Å². The van der Waals surface area contributed by atoms with Gasteiger partial charge in [-0.1, -0.05) is 18.7 Å². The maximum Gasteiger partial charge on any atom is 0.343 e. The van der Waals surface area contributed by atoms with Gasteiger partial charge in [-0.15, -0.1) is 0 Å². The highest BCUT2D eigenvalue weighted by Crippen LogP contribution is 2.32. The summed E-state index contributed by atoms with van der Waals surface area (Å²) in [6.45, 7) is 6.17. The molecule has 6 heteroatoms. The van der Waals surface area contributed by atoms with Crippen LogP contribution in [0, 0.1) is 5.92 Å².